The van der Waals surface area contributed by atoms with Gasteiger partial charge in [0.15, 0.2) is 0 Å². The lowest BCUT2D eigenvalue weighted by Crippen LogP contribution is -2.31. The highest BCUT2D eigenvalue weighted by Gasteiger charge is 2.31. The second-order valence-corrected chi connectivity index (χ2v) is 6.21. The van der Waals surface area contributed by atoms with Gasteiger partial charge >= 0.3 is 5.97 Å². The van der Waals surface area contributed by atoms with Crippen LogP contribution in [0.5, 0.6) is 5.75 Å². The smallest absolute Gasteiger partial charge is 0.316 e. The molecule has 1 aliphatic heterocycles. The van der Waals surface area contributed by atoms with Crippen molar-refractivity contribution < 1.29 is 19.1 Å². The normalized spacial score (nSPS) is 16.8. The fourth-order valence-corrected chi connectivity index (χ4v) is 3.46. The summed E-state index contributed by atoms with van der Waals surface area (Å²) in [6.07, 6.45) is 0.163. The number of thioether (sulfide) groups is 1. The molecule has 1 N–H and O–H groups in total. The molecule has 0 aromatic heterocycles. The van der Waals surface area contributed by atoms with Gasteiger partial charge in [0.2, 0.25) is 5.91 Å². The lowest BCUT2D eigenvalue weighted by molar-refractivity contribution is -0.139. The average molecular weight is 360 g/mol. The highest BCUT2D eigenvalue weighted by molar-refractivity contribution is 8.03. The van der Waals surface area contributed by atoms with Gasteiger partial charge in [0.05, 0.1) is 35.6 Å². The van der Waals surface area contributed by atoms with Crippen molar-refractivity contribution in [1.29, 1.82) is 5.26 Å². The van der Waals surface area contributed by atoms with Crippen molar-refractivity contribution in [3.63, 3.8) is 0 Å². The van der Waals surface area contributed by atoms with Crippen LogP contribution in [-0.4, -0.2) is 30.8 Å². The largest absolute Gasteiger partial charge is 0.494 e. The van der Waals surface area contributed by atoms with Crippen LogP contribution in [0.1, 0.15) is 31.7 Å². The molecule has 1 atom stereocenters. The summed E-state index contributed by atoms with van der Waals surface area (Å²) >= 11 is 1.11. The van der Waals surface area contributed by atoms with Gasteiger partial charge in [-0.05, 0) is 19.9 Å². The van der Waals surface area contributed by atoms with Crippen molar-refractivity contribution in [2.75, 3.05) is 19.0 Å². The molecule has 0 aliphatic carbocycles. The molecular formula is C18H20N2O4S. The van der Waals surface area contributed by atoms with Crippen molar-refractivity contribution in [3.05, 3.63) is 40.4 Å². The topological polar surface area (TPSA) is 88.4 Å². The third kappa shape index (κ3) is 4.77. The van der Waals surface area contributed by atoms with Crippen molar-refractivity contribution in [1.82, 2.24) is 5.32 Å². The molecule has 7 heteroatoms. The van der Waals surface area contributed by atoms with Crippen LogP contribution in [0.3, 0.4) is 0 Å². The van der Waals surface area contributed by atoms with Crippen LogP contribution in [0, 0.1) is 11.3 Å². The number of carbonyl (C=O) groups excluding carboxylic acids is 2. The number of nitriles is 1. The molecule has 2 rings (SSSR count). The maximum atomic E-state index is 12.1. The first kappa shape index (κ1) is 18.9. The monoisotopic (exact) mass is 360 g/mol. The van der Waals surface area contributed by atoms with Crippen LogP contribution >= 0.6 is 11.8 Å². The summed E-state index contributed by atoms with van der Waals surface area (Å²) in [4.78, 5) is 23.7. The van der Waals surface area contributed by atoms with E-state index in [9.17, 15) is 14.9 Å². The first-order valence-electron chi connectivity index (χ1n) is 8.04. The number of para-hydroxylation sites is 1. The Labute approximate surface area is 151 Å². The Hall–Kier alpha value is -2.46. The molecule has 1 aromatic rings. The number of rotatable bonds is 7. The highest BCUT2D eigenvalue weighted by atomic mass is 32.2. The molecule has 1 aliphatic rings. The van der Waals surface area contributed by atoms with Crippen LogP contribution in [-0.2, 0) is 14.3 Å². The summed E-state index contributed by atoms with van der Waals surface area (Å²) in [5.41, 5.74) is 1.23. The number of nitrogens with zero attached hydrogens (tertiary/aromatic N) is 1. The Kier molecular flexibility index (Phi) is 6.90. The number of allylic oxidation sites excluding steroid dienone is 1. The summed E-state index contributed by atoms with van der Waals surface area (Å²) in [5.74, 6) is -0.280. The molecule has 6 nitrogen and oxygen atoms in total. The van der Waals surface area contributed by atoms with Crippen LogP contribution in [0.25, 0.3) is 0 Å². The van der Waals surface area contributed by atoms with Gasteiger partial charge in [0.25, 0.3) is 0 Å². The van der Waals surface area contributed by atoms with Crippen LogP contribution < -0.4 is 10.1 Å². The molecule has 1 unspecified atom stereocenters. The molecule has 1 heterocycles. The summed E-state index contributed by atoms with van der Waals surface area (Å²) < 4.78 is 10.5. The molecule has 0 radical (unpaired) electrons. The minimum absolute atomic E-state index is 0.0362. The number of amides is 1. The predicted molar refractivity (Wildman–Crippen MR) is 94.8 cm³/mol. The van der Waals surface area contributed by atoms with E-state index in [0.717, 1.165) is 17.3 Å². The fraction of sp³-hybridized carbons (Fsp3) is 0.389. The lowest BCUT2D eigenvalue weighted by Gasteiger charge is -2.26. The van der Waals surface area contributed by atoms with Crippen molar-refractivity contribution >= 4 is 23.6 Å². The molecule has 0 bridgehead atoms. The van der Waals surface area contributed by atoms with E-state index in [1.807, 2.05) is 31.2 Å². The molecule has 0 saturated carbocycles. The second-order valence-electron chi connectivity index (χ2n) is 5.22. The number of hydrogen-bond acceptors (Lipinski definition) is 6. The summed E-state index contributed by atoms with van der Waals surface area (Å²) in [7, 11) is 0. The van der Waals surface area contributed by atoms with E-state index in [2.05, 4.69) is 11.4 Å². The van der Waals surface area contributed by atoms with Crippen molar-refractivity contribution in [2.45, 2.75) is 26.2 Å². The van der Waals surface area contributed by atoms with Gasteiger partial charge in [-0.1, -0.05) is 30.0 Å². The first-order valence-corrected chi connectivity index (χ1v) is 9.03. The van der Waals surface area contributed by atoms with E-state index >= 15 is 0 Å². The number of carbonyl (C=O) groups is 2. The van der Waals surface area contributed by atoms with Gasteiger partial charge in [0.1, 0.15) is 5.75 Å². The summed E-state index contributed by atoms with van der Waals surface area (Å²) in [6, 6.07) is 9.57. The van der Waals surface area contributed by atoms with Crippen LogP contribution in [0.2, 0.25) is 0 Å². The highest BCUT2D eigenvalue weighted by Crippen LogP contribution is 2.39. The number of hydrogen-bond donors (Lipinski definition) is 1. The molecule has 0 saturated heterocycles. The first-order chi connectivity index (χ1) is 12.1. The molecule has 25 heavy (non-hydrogen) atoms. The van der Waals surface area contributed by atoms with E-state index < -0.39 is 5.92 Å². The van der Waals surface area contributed by atoms with Gasteiger partial charge in [-0.3, -0.25) is 9.59 Å². The maximum Gasteiger partial charge on any atom is 0.316 e. The van der Waals surface area contributed by atoms with E-state index in [-0.39, 0.29) is 24.1 Å². The third-order valence-corrected chi connectivity index (χ3v) is 4.58. The standard InChI is InChI=1S/C18H20N2O4S/c1-3-23-15-8-6-5-7-12(15)13-9-16(21)20-18(14(13)10-19)25-11-17(22)24-4-2/h5-8,13H,3-4,9,11H2,1-2H3,(H,20,21). The third-order valence-electron chi connectivity index (χ3n) is 3.59. The zero-order valence-corrected chi connectivity index (χ0v) is 15.0. The molecule has 0 spiro atoms. The van der Waals surface area contributed by atoms with E-state index in [0.29, 0.717) is 29.6 Å². The van der Waals surface area contributed by atoms with Gasteiger partial charge < -0.3 is 14.8 Å². The minimum Gasteiger partial charge on any atom is -0.494 e. The SMILES string of the molecule is CCOC(=O)CSC1=C(C#N)C(c2ccccc2OCC)CC(=O)N1. The zero-order chi connectivity index (χ0) is 18.2. The zero-order valence-electron chi connectivity index (χ0n) is 14.2. The summed E-state index contributed by atoms with van der Waals surface area (Å²) in [5, 5.41) is 12.7. The Morgan fingerprint density at radius 3 is 2.80 bits per heavy atom. The fourth-order valence-electron chi connectivity index (χ4n) is 2.59. The Morgan fingerprint density at radius 1 is 1.36 bits per heavy atom. The van der Waals surface area contributed by atoms with E-state index in [4.69, 9.17) is 9.47 Å². The Bertz CT molecular complexity index is 724. The van der Waals surface area contributed by atoms with Crippen molar-refractivity contribution in [2.24, 2.45) is 0 Å². The lowest BCUT2D eigenvalue weighted by atomic mass is 9.86. The molecule has 1 aromatic carbocycles. The average Bonchev–Trinajstić information content (AvgIpc) is 2.60. The second kappa shape index (κ2) is 9.14. The van der Waals surface area contributed by atoms with Crippen LogP contribution in [0.4, 0.5) is 0 Å². The molecular weight excluding hydrogens is 340 g/mol. The molecule has 0 fully saturated rings. The van der Waals surface area contributed by atoms with Gasteiger partial charge in [-0.2, -0.15) is 5.26 Å². The van der Waals surface area contributed by atoms with Gasteiger partial charge in [0, 0.05) is 17.9 Å². The number of nitrogens with one attached hydrogen (secondary N) is 1. The number of benzene rings is 1. The van der Waals surface area contributed by atoms with E-state index in [1.165, 1.54) is 0 Å². The Morgan fingerprint density at radius 2 is 2.12 bits per heavy atom. The minimum atomic E-state index is -0.397. The van der Waals surface area contributed by atoms with E-state index in [1.54, 1.807) is 6.92 Å². The quantitative estimate of drug-likeness (QED) is 0.752. The maximum absolute atomic E-state index is 12.1. The Balaban J connectivity index is 2.34. The van der Waals surface area contributed by atoms with Gasteiger partial charge in [-0.25, -0.2) is 0 Å². The predicted octanol–water partition coefficient (Wildman–Crippen LogP) is 2.72. The number of esters is 1. The number of ether oxygens (including phenoxy) is 2. The molecule has 132 valence electrons. The summed E-state index contributed by atoms with van der Waals surface area (Å²) in [6.45, 7) is 4.39. The van der Waals surface area contributed by atoms with Crippen molar-refractivity contribution in [3.8, 4) is 11.8 Å². The molecule has 1 amide bonds. The van der Waals surface area contributed by atoms with Crippen LogP contribution in [0.15, 0.2) is 34.9 Å². The van der Waals surface area contributed by atoms with Gasteiger partial charge in [-0.15, -0.1) is 0 Å².